The smallest absolute Gasteiger partial charge is 0.348 e. The molecule has 2 aromatic carbocycles. The van der Waals surface area contributed by atoms with Gasteiger partial charge in [-0.05, 0) is 67.9 Å². The molecule has 1 amide bonds. The molecule has 0 unspecified atom stereocenters. The SMILES string of the molecule is CC(C)(c1ccc2cc(C(=O)NCc3ccnc4ccc(F)cc34)ccc2n1)C(F)(F)F. The van der Waals surface area contributed by atoms with Crippen molar-refractivity contribution in [2.75, 3.05) is 0 Å². The van der Waals surface area contributed by atoms with Crippen LogP contribution in [0.3, 0.4) is 0 Å². The molecule has 0 saturated heterocycles. The van der Waals surface area contributed by atoms with Gasteiger partial charge in [0.1, 0.15) is 11.2 Å². The fourth-order valence-corrected chi connectivity index (χ4v) is 3.37. The van der Waals surface area contributed by atoms with Crippen LogP contribution in [0.2, 0.25) is 0 Å². The molecular weight excluding hydrogens is 422 g/mol. The molecule has 0 spiro atoms. The average molecular weight is 441 g/mol. The minimum atomic E-state index is -4.44. The largest absolute Gasteiger partial charge is 0.399 e. The summed E-state index contributed by atoms with van der Waals surface area (Å²) in [5, 5.41) is 3.95. The summed E-state index contributed by atoms with van der Waals surface area (Å²) < 4.78 is 53.6. The van der Waals surface area contributed by atoms with Crippen LogP contribution in [0.1, 0.15) is 35.5 Å². The number of carbonyl (C=O) groups excluding carboxylic acids is 1. The van der Waals surface area contributed by atoms with Crippen LogP contribution in [0.4, 0.5) is 17.6 Å². The zero-order valence-electron chi connectivity index (χ0n) is 17.3. The van der Waals surface area contributed by atoms with Crippen LogP contribution in [0.5, 0.6) is 0 Å². The molecule has 0 fully saturated rings. The molecule has 4 rings (SSSR count). The van der Waals surface area contributed by atoms with Crippen molar-refractivity contribution in [2.45, 2.75) is 32.0 Å². The molecular formula is C24H19F4N3O. The molecule has 0 radical (unpaired) electrons. The van der Waals surface area contributed by atoms with Crippen molar-refractivity contribution < 1.29 is 22.4 Å². The van der Waals surface area contributed by atoms with Gasteiger partial charge in [0, 0.05) is 29.1 Å². The predicted molar refractivity (Wildman–Crippen MR) is 114 cm³/mol. The molecule has 0 aliphatic carbocycles. The van der Waals surface area contributed by atoms with E-state index < -0.39 is 17.4 Å². The van der Waals surface area contributed by atoms with E-state index in [1.165, 1.54) is 36.4 Å². The molecule has 2 heterocycles. The summed E-state index contributed by atoms with van der Waals surface area (Å²) >= 11 is 0. The minimum absolute atomic E-state index is 0.0912. The Bertz CT molecular complexity index is 1330. The van der Waals surface area contributed by atoms with Crippen LogP contribution in [0.15, 0.2) is 60.8 Å². The summed E-state index contributed by atoms with van der Waals surface area (Å²) in [5.74, 6) is -0.763. The number of nitrogens with zero attached hydrogens (tertiary/aromatic N) is 2. The lowest BCUT2D eigenvalue weighted by atomic mass is 9.87. The van der Waals surface area contributed by atoms with E-state index in [9.17, 15) is 22.4 Å². The molecule has 4 nitrogen and oxygen atoms in total. The number of benzene rings is 2. The van der Waals surface area contributed by atoms with E-state index in [4.69, 9.17) is 0 Å². The molecule has 0 saturated carbocycles. The maximum atomic E-state index is 13.6. The summed E-state index contributed by atoms with van der Waals surface area (Å²) in [6.07, 6.45) is -2.85. The average Bonchev–Trinajstić information content (AvgIpc) is 2.75. The second kappa shape index (κ2) is 7.85. The number of halogens is 4. The Hall–Kier alpha value is -3.55. The van der Waals surface area contributed by atoms with Gasteiger partial charge >= 0.3 is 6.18 Å². The second-order valence-corrected chi connectivity index (χ2v) is 8.04. The van der Waals surface area contributed by atoms with Crippen molar-refractivity contribution in [2.24, 2.45) is 0 Å². The van der Waals surface area contributed by atoms with E-state index in [-0.39, 0.29) is 18.1 Å². The van der Waals surface area contributed by atoms with Crippen molar-refractivity contribution in [1.82, 2.24) is 15.3 Å². The van der Waals surface area contributed by atoms with Crippen LogP contribution >= 0.6 is 0 Å². The Labute approximate surface area is 181 Å². The highest BCUT2D eigenvalue weighted by molar-refractivity contribution is 5.98. The summed E-state index contributed by atoms with van der Waals surface area (Å²) in [4.78, 5) is 21.0. The molecule has 0 aliphatic heterocycles. The Kier molecular flexibility index (Phi) is 5.32. The number of aromatic nitrogens is 2. The van der Waals surface area contributed by atoms with Gasteiger partial charge in [-0.1, -0.05) is 6.07 Å². The van der Waals surface area contributed by atoms with Crippen LogP contribution in [0, 0.1) is 5.82 Å². The number of amides is 1. The van der Waals surface area contributed by atoms with Gasteiger partial charge in [-0.25, -0.2) is 4.39 Å². The van der Waals surface area contributed by atoms with E-state index in [2.05, 4.69) is 15.3 Å². The third-order valence-corrected chi connectivity index (χ3v) is 5.53. The minimum Gasteiger partial charge on any atom is -0.348 e. The molecule has 0 aliphatic rings. The zero-order chi connectivity index (χ0) is 23.1. The van der Waals surface area contributed by atoms with Crippen LogP contribution in [-0.2, 0) is 12.0 Å². The van der Waals surface area contributed by atoms with Crippen molar-refractivity contribution in [3.05, 3.63) is 83.4 Å². The molecule has 0 atom stereocenters. The molecule has 1 N–H and O–H groups in total. The van der Waals surface area contributed by atoms with Crippen molar-refractivity contribution in [3.63, 3.8) is 0 Å². The fourth-order valence-electron chi connectivity index (χ4n) is 3.37. The third kappa shape index (κ3) is 4.00. The van der Waals surface area contributed by atoms with E-state index in [1.807, 2.05) is 0 Å². The highest BCUT2D eigenvalue weighted by atomic mass is 19.4. The molecule has 4 aromatic rings. The van der Waals surface area contributed by atoms with Crippen LogP contribution < -0.4 is 5.32 Å². The number of hydrogen-bond donors (Lipinski definition) is 1. The van der Waals surface area contributed by atoms with Crippen molar-refractivity contribution >= 4 is 27.7 Å². The van der Waals surface area contributed by atoms with Crippen molar-refractivity contribution in [1.29, 1.82) is 0 Å². The van der Waals surface area contributed by atoms with Crippen LogP contribution in [-0.4, -0.2) is 22.1 Å². The van der Waals surface area contributed by atoms with Gasteiger partial charge in [-0.3, -0.25) is 14.8 Å². The highest BCUT2D eigenvalue weighted by Gasteiger charge is 2.49. The Morgan fingerprint density at radius 1 is 0.969 bits per heavy atom. The summed E-state index contributed by atoms with van der Waals surface area (Å²) in [6, 6.07) is 13.4. The molecule has 164 valence electrons. The molecule has 8 heteroatoms. The Morgan fingerprint density at radius 3 is 2.47 bits per heavy atom. The molecule has 0 bridgehead atoms. The second-order valence-electron chi connectivity index (χ2n) is 8.04. The quantitative estimate of drug-likeness (QED) is 0.414. The monoisotopic (exact) mass is 441 g/mol. The first-order valence-electron chi connectivity index (χ1n) is 9.85. The first kappa shape index (κ1) is 21.7. The highest BCUT2D eigenvalue weighted by Crippen LogP contribution is 2.39. The number of alkyl halides is 3. The topological polar surface area (TPSA) is 54.9 Å². The Balaban J connectivity index is 1.56. The first-order chi connectivity index (χ1) is 15.1. The number of rotatable bonds is 4. The summed E-state index contributed by atoms with van der Waals surface area (Å²) in [5.41, 5.74) is -0.147. The lowest BCUT2D eigenvalue weighted by molar-refractivity contribution is -0.181. The number of fused-ring (bicyclic) bond motifs is 2. The van der Waals surface area contributed by atoms with E-state index >= 15 is 0 Å². The van der Waals surface area contributed by atoms with Gasteiger partial charge in [-0.15, -0.1) is 0 Å². The van der Waals surface area contributed by atoms with Crippen molar-refractivity contribution in [3.8, 4) is 0 Å². The number of carbonyl (C=O) groups is 1. The standard InChI is InChI=1S/C24H19F4N3O/c1-23(2,24(26,27)28)21-8-4-14-11-15(3-6-19(14)31-21)22(32)30-13-16-9-10-29-20-7-5-17(25)12-18(16)20/h3-12H,13H2,1-2H3,(H,30,32). The van der Waals surface area contributed by atoms with Gasteiger partial charge in [0.05, 0.1) is 16.7 Å². The van der Waals surface area contributed by atoms with Gasteiger partial charge in [0.15, 0.2) is 0 Å². The maximum Gasteiger partial charge on any atom is 0.399 e. The zero-order valence-corrected chi connectivity index (χ0v) is 17.3. The lowest BCUT2D eigenvalue weighted by Crippen LogP contribution is -2.37. The number of nitrogens with one attached hydrogen (secondary N) is 1. The predicted octanol–water partition coefficient (Wildman–Crippen LogP) is 5.69. The van der Waals surface area contributed by atoms with Gasteiger partial charge in [-0.2, -0.15) is 13.2 Å². The normalized spacial score (nSPS) is 12.3. The number of pyridine rings is 2. The van der Waals surface area contributed by atoms with Crippen LogP contribution in [0.25, 0.3) is 21.8 Å². The van der Waals surface area contributed by atoms with E-state index in [1.54, 1.807) is 24.4 Å². The third-order valence-electron chi connectivity index (χ3n) is 5.53. The van der Waals surface area contributed by atoms with Gasteiger partial charge < -0.3 is 5.32 Å². The summed E-state index contributed by atoms with van der Waals surface area (Å²) in [7, 11) is 0. The molecule has 32 heavy (non-hydrogen) atoms. The first-order valence-corrected chi connectivity index (χ1v) is 9.85. The lowest BCUT2D eigenvalue weighted by Gasteiger charge is -2.27. The maximum absolute atomic E-state index is 13.6. The van der Waals surface area contributed by atoms with Gasteiger partial charge in [0.2, 0.25) is 0 Å². The summed E-state index contributed by atoms with van der Waals surface area (Å²) in [6.45, 7) is 2.33. The Morgan fingerprint density at radius 2 is 1.72 bits per heavy atom. The number of hydrogen-bond acceptors (Lipinski definition) is 3. The fraction of sp³-hybridized carbons (Fsp3) is 0.208. The van der Waals surface area contributed by atoms with E-state index in [0.717, 1.165) is 13.8 Å². The molecule has 2 aromatic heterocycles. The van der Waals surface area contributed by atoms with Gasteiger partial charge in [0.25, 0.3) is 5.91 Å². The van der Waals surface area contributed by atoms with E-state index in [0.29, 0.717) is 32.9 Å².